The van der Waals surface area contributed by atoms with Crippen molar-refractivity contribution in [3.05, 3.63) is 81.5 Å². The van der Waals surface area contributed by atoms with Gasteiger partial charge in [-0.3, -0.25) is 19.7 Å². The Hall–Kier alpha value is -4.48. The maximum absolute atomic E-state index is 15.3. The van der Waals surface area contributed by atoms with Crippen molar-refractivity contribution in [3.63, 3.8) is 0 Å². The Morgan fingerprint density at radius 1 is 1.15 bits per heavy atom. The SMILES string of the molecule is CC#C/C=C\C#C[C@H](OC1OC(C)C(SC)(C(=O)c2[nH]ccc3c2[nH]c2cc(=O)ccc23)C(O)C1OC1CC(OC)C(NC(C)C)CO1)C1=C(NC(=O)OC)C(=O)C[C@H](O)/C1=C/CS(C)=S. The van der Waals surface area contributed by atoms with E-state index in [2.05, 4.69) is 44.3 Å². The fraction of sp³-hybridized carbons (Fsp3) is 0.489. The molecule has 1 aromatic carbocycles. The normalized spacial score (nSPS) is 28.5. The number of amides is 1. The van der Waals surface area contributed by atoms with E-state index in [9.17, 15) is 24.6 Å². The van der Waals surface area contributed by atoms with Gasteiger partial charge in [0.25, 0.3) is 0 Å². The largest absolute Gasteiger partial charge is 0.453 e. The van der Waals surface area contributed by atoms with Crippen molar-refractivity contribution < 1.29 is 53.0 Å². The quantitative estimate of drug-likeness (QED) is 0.101. The van der Waals surface area contributed by atoms with E-state index < -0.39 is 75.0 Å². The van der Waals surface area contributed by atoms with E-state index in [1.54, 1.807) is 51.6 Å². The summed E-state index contributed by atoms with van der Waals surface area (Å²) in [7, 11) is 2.16. The lowest BCUT2D eigenvalue weighted by Crippen LogP contribution is -2.68. The zero-order chi connectivity index (χ0) is 47.9. The molecule has 2 aromatic heterocycles. The number of carbonyl (C=O) groups is 3. The Morgan fingerprint density at radius 2 is 1.91 bits per heavy atom. The molecule has 2 fully saturated rings. The fourth-order valence-corrected chi connectivity index (χ4v) is 10.2. The van der Waals surface area contributed by atoms with Crippen LogP contribution >= 0.6 is 11.8 Å². The van der Waals surface area contributed by atoms with Crippen molar-refractivity contribution in [2.24, 2.45) is 0 Å². The molecule has 11 atom stereocenters. The topological polar surface area (TPSA) is 220 Å². The third-order valence-electron chi connectivity index (χ3n) is 11.6. The highest BCUT2D eigenvalue weighted by Gasteiger charge is 2.61. The molecule has 9 unspecified atom stereocenters. The van der Waals surface area contributed by atoms with Gasteiger partial charge in [-0.1, -0.05) is 48.9 Å². The van der Waals surface area contributed by atoms with Crippen LogP contribution in [0.5, 0.6) is 0 Å². The molecule has 0 radical (unpaired) electrons. The molecule has 3 aliphatic rings. The number of Topliss-reactive ketones (excluding diaryl/α,β-unsaturated/α-hetero) is 2. The molecule has 19 heteroatoms. The fourth-order valence-electron chi connectivity index (χ4n) is 8.52. The number of pyridine rings is 1. The summed E-state index contributed by atoms with van der Waals surface area (Å²) < 4.78 is 35.5. The molecule has 3 aromatic rings. The van der Waals surface area contributed by atoms with Gasteiger partial charge in [-0.25, -0.2) is 4.79 Å². The minimum atomic E-state index is -1.78. The monoisotopic (exact) mass is 964 g/mol. The van der Waals surface area contributed by atoms with Crippen LogP contribution in [0.15, 0.2) is 70.3 Å². The van der Waals surface area contributed by atoms with Crippen molar-refractivity contribution in [2.45, 2.75) is 107 Å². The number of allylic oxidation sites excluding steroid dienone is 3. The minimum absolute atomic E-state index is 0.00615. The Morgan fingerprint density at radius 3 is 2.59 bits per heavy atom. The van der Waals surface area contributed by atoms with Gasteiger partial charge in [0, 0.05) is 60.4 Å². The zero-order valence-electron chi connectivity index (χ0n) is 37.9. The Bertz CT molecular complexity index is 2620. The number of ketones is 2. The number of alkyl carbamates (subject to hydrolysis) is 1. The summed E-state index contributed by atoms with van der Waals surface area (Å²) in [5, 5.41) is 31.8. The molecule has 16 nitrogen and oxygen atoms in total. The number of aliphatic hydroxyl groups is 2. The molecule has 0 saturated carbocycles. The number of benzene rings is 1. The van der Waals surface area contributed by atoms with E-state index >= 15 is 4.79 Å². The van der Waals surface area contributed by atoms with E-state index in [1.165, 1.54) is 24.3 Å². The molecule has 6 rings (SSSR count). The highest BCUT2D eigenvalue weighted by atomic mass is 32.8. The van der Waals surface area contributed by atoms with E-state index in [1.807, 2.05) is 20.1 Å². The van der Waals surface area contributed by atoms with Crippen molar-refractivity contribution >= 4 is 71.9 Å². The third-order valence-corrected chi connectivity index (χ3v) is 14.1. The van der Waals surface area contributed by atoms with Gasteiger partial charge in [0.2, 0.25) is 5.78 Å². The number of ether oxygens (including phenoxy) is 6. The lowest BCUT2D eigenvalue weighted by atomic mass is 9.82. The van der Waals surface area contributed by atoms with Crippen LogP contribution in [0.3, 0.4) is 0 Å². The number of fused-ring (bicyclic) bond motifs is 3. The summed E-state index contributed by atoms with van der Waals surface area (Å²) >= 11 is 6.55. The molecule has 2 saturated heterocycles. The maximum Gasteiger partial charge on any atom is 0.411 e. The summed E-state index contributed by atoms with van der Waals surface area (Å²) in [6.07, 6.45) is -1.44. The molecular formula is C47H56N4O12S3. The van der Waals surface area contributed by atoms with Gasteiger partial charge < -0.3 is 53.9 Å². The van der Waals surface area contributed by atoms with Crippen LogP contribution in [0.25, 0.3) is 21.8 Å². The first-order valence-electron chi connectivity index (χ1n) is 21.2. The van der Waals surface area contributed by atoms with E-state index in [4.69, 9.17) is 39.6 Å². The number of aliphatic hydroxyl groups excluding tert-OH is 2. The summed E-state index contributed by atoms with van der Waals surface area (Å²) in [6, 6.07) is 6.30. The van der Waals surface area contributed by atoms with Crippen molar-refractivity contribution in [3.8, 4) is 23.7 Å². The first-order chi connectivity index (χ1) is 31.6. The molecule has 4 heterocycles. The number of aromatic amines is 2. The summed E-state index contributed by atoms with van der Waals surface area (Å²) in [6.45, 7) is 7.47. The van der Waals surface area contributed by atoms with E-state index in [0.717, 1.165) is 24.3 Å². The molecule has 66 heavy (non-hydrogen) atoms. The zero-order valence-corrected chi connectivity index (χ0v) is 40.4. The van der Waals surface area contributed by atoms with Gasteiger partial charge in [0.1, 0.15) is 28.8 Å². The summed E-state index contributed by atoms with van der Waals surface area (Å²) in [4.78, 5) is 60.6. The van der Waals surface area contributed by atoms with Gasteiger partial charge in [0.15, 0.2) is 23.8 Å². The summed E-state index contributed by atoms with van der Waals surface area (Å²) in [5.74, 6) is 10.6. The second-order valence-electron chi connectivity index (χ2n) is 16.2. The number of thioether (sulfide) groups is 1. The standard InChI is InChI=1S/C47H56N4O12S3/c1-9-10-11-12-13-14-35(38-30(18-20-66(8)64)33(53)22-34(54)40(38)51-46(57)59-6)62-45-42(63-37-23-36(58-5)32(24-60-37)49-25(2)3)44(56)47(65-7,26(4)61-45)43(55)41-39-29(17-19-48-41)28-16-15-27(52)21-31(28)50-39/h11-12,15-19,21,25-26,32-33,35-37,42,44-45,48-50,53,56H,20,22-24H2,1-8H3,(H,51,57)/b12-11-,30-18-/t26?,32?,33-,35-,36?,37?,42?,44?,45?,47?,66?/m0/s1. The van der Waals surface area contributed by atoms with Gasteiger partial charge in [-0.05, 0) is 62.3 Å². The number of hydrogen-bond donors (Lipinski definition) is 6. The van der Waals surface area contributed by atoms with Gasteiger partial charge in [0.05, 0.1) is 54.8 Å². The molecular weight excluding hydrogens is 909 g/mol. The average Bonchev–Trinajstić information content (AvgIpc) is 3.65. The van der Waals surface area contributed by atoms with Crippen LogP contribution in [0.1, 0.15) is 51.0 Å². The Kier molecular flexibility index (Phi) is 17.4. The lowest BCUT2D eigenvalue weighted by molar-refractivity contribution is -0.323. The summed E-state index contributed by atoms with van der Waals surface area (Å²) in [5.41, 5.74) is 0.843. The molecule has 0 bridgehead atoms. The third kappa shape index (κ3) is 10.9. The van der Waals surface area contributed by atoms with Crippen LogP contribution in [0.2, 0.25) is 0 Å². The first-order valence-corrected chi connectivity index (χ1v) is 25.2. The number of hydrogen-bond acceptors (Lipinski definition) is 15. The molecule has 1 amide bonds. The van der Waals surface area contributed by atoms with E-state index in [-0.39, 0.29) is 65.6 Å². The molecule has 2 aliphatic heterocycles. The number of carbonyl (C=O) groups excluding carboxylic acids is 3. The van der Waals surface area contributed by atoms with Crippen LogP contribution in [0, 0.1) is 23.7 Å². The van der Waals surface area contributed by atoms with Crippen LogP contribution in [-0.4, -0.2) is 143 Å². The van der Waals surface area contributed by atoms with Gasteiger partial charge in [-0.15, -0.1) is 27.1 Å². The Labute approximate surface area is 394 Å². The van der Waals surface area contributed by atoms with Crippen molar-refractivity contribution in [1.82, 2.24) is 20.6 Å². The number of methoxy groups -OCH3 is 2. The molecule has 354 valence electrons. The maximum atomic E-state index is 15.3. The second kappa shape index (κ2) is 22.5. The predicted octanol–water partition coefficient (Wildman–Crippen LogP) is 3.46. The van der Waals surface area contributed by atoms with Crippen LogP contribution in [0.4, 0.5) is 4.79 Å². The van der Waals surface area contributed by atoms with Gasteiger partial charge >= 0.3 is 6.09 Å². The van der Waals surface area contributed by atoms with Gasteiger partial charge in [-0.2, -0.15) is 0 Å². The van der Waals surface area contributed by atoms with E-state index in [0.29, 0.717) is 22.2 Å². The second-order valence-corrected chi connectivity index (χ2v) is 20.4. The predicted molar refractivity (Wildman–Crippen MR) is 256 cm³/mol. The molecule has 6 N–H and O–H groups in total. The lowest BCUT2D eigenvalue weighted by Gasteiger charge is -2.51. The number of H-pyrrole nitrogens is 2. The first kappa shape index (κ1) is 50.9. The molecule has 1 aliphatic carbocycles. The number of aromatic nitrogens is 2. The Balaban J connectivity index is 1.51. The minimum Gasteiger partial charge on any atom is -0.453 e. The smallest absolute Gasteiger partial charge is 0.411 e. The number of nitrogens with one attached hydrogen (secondary N) is 4. The van der Waals surface area contributed by atoms with Crippen LogP contribution in [-0.2, 0) is 53.9 Å². The highest BCUT2D eigenvalue weighted by Crippen LogP contribution is 2.45. The van der Waals surface area contributed by atoms with Crippen molar-refractivity contribution in [2.75, 3.05) is 39.1 Å². The van der Waals surface area contributed by atoms with Crippen LogP contribution < -0.4 is 16.1 Å². The molecule has 0 spiro atoms. The number of rotatable bonds is 14. The highest BCUT2D eigenvalue weighted by molar-refractivity contribution is 8.28. The van der Waals surface area contributed by atoms with Crippen molar-refractivity contribution in [1.29, 1.82) is 0 Å². The average molecular weight is 965 g/mol.